The van der Waals surface area contributed by atoms with Gasteiger partial charge in [-0.25, -0.2) is 0 Å². The van der Waals surface area contributed by atoms with Gasteiger partial charge in [0.15, 0.2) is 0 Å². The van der Waals surface area contributed by atoms with Gasteiger partial charge < -0.3 is 5.11 Å². The van der Waals surface area contributed by atoms with Crippen LogP contribution in [0.5, 0.6) is 0 Å². The monoisotopic (exact) mass is 229 g/mol. The van der Waals surface area contributed by atoms with Gasteiger partial charge in [-0.05, 0) is 32.2 Å². The van der Waals surface area contributed by atoms with Crippen LogP contribution in [-0.2, 0) is 0 Å². The number of nitrogens with zero attached hydrogens (tertiary/aromatic N) is 1. The standard InChI is InChI=1S/C12H23NOS/c1-12(2)6-7-13(8-9-15-12)10-4-3-5-11(10)14/h10-11,14H,3-9H2,1-2H3. The van der Waals surface area contributed by atoms with Crippen LogP contribution >= 0.6 is 11.8 Å². The summed E-state index contributed by atoms with van der Waals surface area (Å²) in [5.41, 5.74) is 0. The van der Waals surface area contributed by atoms with E-state index in [1.807, 2.05) is 0 Å². The Balaban J connectivity index is 1.93. The molecule has 1 saturated carbocycles. The lowest BCUT2D eigenvalue weighted by molar-refractivity contribution is 0.0738. The molecule has 1 N–H and O–H groups in total. The molecule has 1 aliphatic carbocycles. The van der Waals surface area contributed by atoms with Crippen LogP contribution < -0.4 is 0 Å². The maximum absolute atomic E-state index is 9.91. The van der Waals surface area contributed by atoms with Crippen molar-refractivity contribution in [3.05, 3.63) is 0 Å². The van der Waals surface area contributed by atoms with Crippen LogP contribution in [-0.4, -0.2) is 45.7 Å². The van der Waals surface area contributed by atoms with Crippen LogP contribution in [0.3, 0.4) is 0 Å². The van der Waals surface area contributed by atoms with Crippen molar-refractivity contribution in [1.82, 2.24) is 4.90 Å². The number of aliphatic hydroxyl groups excluding tert-OH is 1. The molecule has 2 unspecified atom stereocenters. The molecule has 0 amide bonds. The van der Waals surface area contributed by atoms with Crippen molar-refractivity contribution >= 4 is 11.8 Å². The van der Waals surface area contributed by atoms with Gasteiger partial charge >= 0.3 is 0 Å². The summed E-state index contributed by atoms with van der Waals surface area (Å²) in [4.78, 5) is 2.53. The fraction of sp³-hybridized carbons (Fsp3) is 1.00. The zero-order valence-electron chi connectivity index (χ0n) is 9.91. The Morgan fingerprint density at radius 3 is 2.73 bits per heavy atom. The van der Waals surface area contributed by atoms with Crippen LogP contribution in [0.25, 0.3) is 0 Å². The minimum atomic E-state index is -0.0591. The van der Waals surface area contributed by atoms with E-state index in [0.717, 1.165) is 13.0 Å². The quantitative estimate of drug-likeness (QED) is 0.745. The van der Waals surface area contributed by atoms with Crippen molar-refractivity contribution in [3.8, 4) is 0 Å². The minimum Gasteiger partial charge on any atom is -0.391 e. The molecule has 0 radical (unpaired) electrons. The number of thioether (sulfide) groups is 1. The van der Waals surface area contributed by atoms with Gasteiger partial charge in [0, 0.05) is 23.1 Å². The minimum absolute atomic E-state index is 0.0591. The molecule has 2 aliphatic rings. The lowest BCUT2D eigenvalue weighted by Crippen LogP contribution is -2.41. The summed E-state index contributed by atoms with van der Waals surface area (Å²) in [5.74, 6) is 1.22. The zero-order valence-corrected chi connectivity index (χ0v) is 10.7. The van der Waals surface area contributed by atoms with Gasteiger partial charge in [0.1, 0.15) is 0 Å². The molecule has 0 aromatic carbocycles. The van der Waals surface area contributed by atoms with Crippen molar-refractivity contribution in [3.63, 3.8) is 0 Å². The highest BCUT2D eigenvalue weighted by atomic mass is 32.2. The van der Waals surface area contributed by atoms with Crippen LogP contribution in [0.4, 0.5) is 0 Å². The van der Waals surface area contributed by atoms with E-state index in [1.165, 1.54) is 31.6 Å². The van der Waals surface area contributed by atoms with E-state index < -0.39 is 0 Å². The zero-order chi connectivity index (χ0) is 10.9. The Morgan fingerprint density at radius 2 is 2.07 bits per heavy atom. The molecular formula is C12H23NOS. The Bertz CT molecular complexity index is 220. The third kappa shape index (κ3) is 2.89. The SMILES string of the molecule is CC1(C)CCN(C2CCCC2O)CCS1. The van der Waals surface area contributed by atoms with Gasteiger partial charge in [-0.15, -0.1) is 0 Å². The van der Waals surface area contributed by atoms with Crippen LogP contribution in [0.2, 0.25) is 0 Å². The molecule has 2 nitrogen and oxygen atoms in total. The van der Waals surface area contributed by atoms with E-state index >= 15 is 0 Å². The molecule has 0 bridgehead atoms. The van der Waals surface area contributed by atoms with Gasteiger partial charge in [-0.2, -0.15) is 11.8 Å². The molecule has 2 fully saturated rings. The molecule has 3 heteroatoms. The maximum atomic E-state index is 9.91. The second-order valence-electron chi connectivity index (χ2n) is 5.46. The number of hydrogen-bond donors (Lipinski definition) is 1. The third-order valence-corrected chi connectivity index (χ3v) is 5.16. The van der Waals surface area contributed by atoms with Gasteiger partial charge in [0.05, 0.1) is 6.10 Å². The van der Waals surface area contributed by atoms with Crippen LogP contribution in [0.1, 0.15) is 39.5 Å². The second-order valence-corrected chi connectivity index (χ2v) is 7.26. The van der Waals surface area contributed by atoms with Crippen molar-refractivity contribution in [2.45, 2.75) is 56.4 Å². The topological polar surface area (TPSA) is 23.5 Å². The first kappa shape index (κ1) is 11.7. The summed E-state index contributed by atoms with van der Waals surface area (Å²) >= 11 is 2.08. The van der Waals surface area contributed by atoms with Gasteiger partial charge in [-0.3, -0.25) is 4.90 Å². The molecule has 2 rings (SSSR count). The van der Waals surface area contributed by atoms with E-state index in [0.29, 0.717) is 10.8 Å². The number of aliphatic hydroxyl groups is 1. The Hall–Kier alpha value is 0.270. The fourth-order valence-corrected chi connectivity index (χ4v) is 3.83. The second kappa shape index (κ2) is 4.64. The average Bonchev–Trinajstić information content (AvgIpc) is 2.49. The molecular weight excluding hydrogens is 206 g/mol. The van der Waals surface area contributed by atoms with E-state index in [9.17, 15) is 5.11 Å². The summed E-state index contributed by atoms with van der Waals surface area (Å²) in [6.45, 7) is 7.01. The fourth-order valence-electron chi connectivity index (χ4n) is 2.71. The van der Waals surface area contributed by atoms with Crippen molar-refractivity contribution in [2.24, 2.45) is 0 Å². The number of rotatable bonds is 1. The number of hydrogen-bond acceptors (Lipinski definition) is 3. The van der Waals surface area contributed by atoms with E-state index in [1.54, 1.807) is 0 Å². The van der Waals surface area contributed by atoms with Gasteiger partial charge in [0.25, 0.3) is 0 Å². The lowest BCUT2D eigenvalue weighted by Gasteiger charge is -2.30. The van der Waals surface area contributed by atoms with Gasteiger partial charge in [-0.1, -0.05) is 13.8 Å². The van der Waals surface area contributed by atoms with Crippen molar-refractivity contribution < 1.29 is 5.11 Å². The summed E-state index contributed by atoms with van der Waals surface area (Å²) in [5, 5.41) is 9.91. The molecule has 2 atom stereocenters. The largest absolute Gasteiger partial charge is 0.391 e. The summed E-state index contributed by atoms with van der Waals surface area (Å²) < 4.78 is 0.429. The third-order valence-electron chi connectivity index (χ3n) is 3.79. The average molecular weight is 229 g/mol. The van der Waals surface area contributed by atoms with Crippen LogP contribution in [0, 0.1) is 0 Å². The summed E-state index contributed by atoms with van der Waals surface area (Å²) in [6.07, 6.45) is 4.61. The molecule has 88 valence electrons. The Kier molecular flexibility index (Phi) is 3.63. The van der Waals surface area contributed by atoms with Crippen LogP contribution in [0.15, 0.2) is 0 Å². The van der Waals surface area contributed by atoms with E-state index in [-0.39, 0.29) is 6.10 Å². The van der Waals surface area contributed by atoms with Gasteiger partial charge in [0.2, 0.25) is 0 Å². The normalized spacial score (nSPS) is 37.8. The molecule has 15 heavy (non-hydrogen) atoms. The van der Waals surface area contributed by atoms with E-state index in [4.69, 9.17) is 0 Å². The lowest BCUT2D eigenvalue weighted by atomic mass is 10.1. The smallest absolute Gasteiger partial charge is 0.0695 e. The highest BCUT2D eigenvalue weighted by Crippen LogP contribution is 2.33. The first-order valence-electron chi connectivity index (χ1n) is 6.15. The predicted octanol–water partition coefficient (Wildman–Crippen LogP) is 2.12. The maximum Gasteiger partial charge on any atom is 0.0695 e. The molecule has 1 saturated heterocycles. The Morgan fingerprint density at radius 1 is 1.27 bits per heavy atom. The van der Waals surface area contributed by atoms with Crippen molar-refractivity contribution in [2.75, 3.05) is 18.8 Å². The predicted molar refractivity (Wildman–Crippen MR) is 66.4 cm³/mol. The highest BCUT2D eigenvalue weighted by molar-refractivity contribution is 8.00. The molecule has 1 aliphatic heterocycles. The molecule has 1 heterocycles. The highest BCUT2D eigenvalue weighted by Gasteiger charge is 2.33. The Labute approximate surface area is 97.4 Å². The van der Waals surface area contributed by atoms with E-state index in [2.05, 4.69) is 30.5 Å². The summed E-state index contributed by atoms with van der Waals surface area (Å²) in [7, 11) is 0. The first-order chi connectivity index (χ1) is 7.08. The molecule has 0 spiro atoms. The molecule has 0 aromatic rings. The molecule has 0 aromatic heterocycles. The first-order valence-corrected chi connectivity index (χ1v) is 7.13. The summed E-state index contributed by atoms with van der Waals surface area (Å²) in [6, 6.07) is 0.458. The van der Waals surface area contributed by atoms with Crippen molar-refractivity contribution in [1.29, 1.82) is 0 Å².